The molecule has 0 aromatic carbocycles. The molecular weight excluding hydrogens is 114 g/mol. The Hall–Kier alpha value is -0.0800. The van der Waals surface area contributed by atoms with Crippen LogP contribution in [0.4, 0.5) is 0 Å². The number of rotatable bonds is 2. The Morgan fingerprint density at radius 1 is 1.67 bits per heavy atom. The zero-order valence-electron chi connectivity index (χ0n) is 6.18. The van der Waals surface area contributed by atoms with E-state index >= 15 is 0 Å². The maximum Gasteiger partial charge on any atom is 0.0583 e. The lowest BCUT2D eigenvalue weighted by Gasteiger charge is -2.15. The molecular formula is C7H15NO. The van der Waals surface area contributed by atoms with Gasteiger partial charge in [-0.1, -0.05) is 0 Å². The molecule has 0 aromatic rings. The summed E-state index contributed by atoms with van der Waals surface area (Å²) in [6.45, 7) is 4.44. The standard InChI is InChI=1S/C7H15NO/c1-6(9-2)7-3-4-8-5-7/h6-8H,3-5H2,1-2H3/t6-,7-/m1/s1. The molecule has 1 saturated heterocycles. The van der Waals surface area contributed by atoms with Crippen LogP contribution >= 0.6 is 0 Å². The van der Waals surface area contributed by atoms with Crippen molar-refractivity contribution in [3.05, 3.63) is 0 Å². The van der Waals surface area contributed by atoms with Crippen LogP contribution in [0, 0.1) is 5.92 Å². The second kappa shape index (κ2) is 3.18. The normalized spacial score (nSPS) is 30.7. The van der Waals surface area contributed by atoms with Gasteiger partial charge in [-0.05, 0) is 25.8 Å². The van der Waals surface area contributed by atoms with Gasteiger partial charge in [0.25, 0.3) is 0 Å². The fraction of sp³-hybridized carbons (Fsp3) is 1.00. The van der Waals surface area contributed by atoms with Crippen molar-refractivity contribution in [2.75, 3.05) is 20.2 Å². The molecule has 1 N–H and O–H groups in total. The van der Waals surface area contributed by atoms with Crippen LogP contribution in [0.1, 0.15) is 13.3 Å². The van der Waals surface area contributed by atoms with Gasteiger partial charge in [0.2, 0.25) is 0 Å². The van der Waals surface area contributed by atoms with Gasteiger partial charge in [-0.25, -0.2) is 0 Å². The van der Waals surface area contributed by atoms with Gasteiger partial charge in [0.15, 0.2) is 0 Å². The van der Waals surface area contributed by atoms with Crippen molar-refractivity contribution < 1.29 is 4.74 Å². The Balaban J connectivity index is 2.24. The minimum atomic E-state index is 0.431. The second-order valence-corrected chi connectivity index (χ2v) is 2.69. The van der Waals surface area contributed by atoms with Crippen LogP contribution in [0.15, 0.2) is 0 Å². The largest absolute Gasteiger partial charge is 0.381 e. The molecule has 0 amide bonds. The van der Waals surface area contributed by atoms with Crippen molar-refractivity contribution in [1.29, 1.82) is 0 Å². The van der Waals surface area contributed by atoms with Crippen molar-refractivity contribution in [2.45, 2.75) is 19.4 Å². The van der Waals surface area contributed by atoms with Crippen LogP contribution in [0.25, 0.3) is 0 Å². The Kier molecular flexibility index (Phi) is 2.49. The summed E-state index contributed by atoms with van der Waals surface area (Å²) < 4.78 is 5.19. The monoisotopic (exact) mass is 129 g/mol. The Labute approximate surface area is 56.6 Å². The van der Waals surface area contributed by atoms with E-state index in [1.165, 1.54) is 13.0 Å². The number of methoxy groups -OCH3 is 1. The molecule has 0 aromatic heterocycles. The lowest BCUT2D eigenvalue weighted by atomic mass is 10.0. The van der Waals surface area contributed by atoms with Gasteiger partial charge in [-0.2, -0.15) is 0 Å². The van der Waals surface area contributed by atoms with E-state index in [0.717, 1.165) is 12.5 Å². The van der Waals surface area contributed by atoms with E-state index in [1.807, 2.05) is 0 Å². The Morgan fingerprint density at radius 3 is 2.89 bits per heavy atom. The SMILES string of the molecule is CO[C@H](C)[C@@H]1CCNC1. The quantitative estimate of drug-likeness (QED) is 0.590. The molecule has 2 atom stereocenters. The van der Waals surface area contributed by atoms with Crippen LogP contribution in [0.5, 0.6) is 0 Å². The fourth-order valence-electron chi connectivity index (χ4n) is 1.27. The first-order valence-corrected chi connectivity index (χ1v) is 3.58. The van der Waals surface area contributed by atoms with Gasteiger partial charge >= 0.3 is 0 Å². The van der Waals surface area contributed by atoms with E-state index in [-0.39, 0.29) is 0 Å². The molecule has 1 aliphatic rings. The minimum Gasteiger partial charge on any atom is -0.381 e. The molecule has 0 bridgehead atoms. The van der Waals surface area contributed by atoms with Gasteiger partial charge in [0.05, 0.1) is 6.10 Å². The zero-order valence-corrected chi connectivity index (χ0v) is 6.18. The van der Waals surface area contributed by atoms with Gasteiger partial charge in [0.1, 0.15) is 0 Å². The molecule has 54 valence electrons. The van der Waals surface area contributed by atoms with E-state index in [1.54, 1.807) is 7.11 Å². The third kappa shape index (κ3) is 1.66. The van der Waals surface area contributed by atoms with Crippen LogP contribution < -0.4 is 5.32 Å². The Bertz CT molecular complexity index is 79.0. The summed E-state index contributed by atoms with van der Waals surface area (Å²) in [6.07, 6.45) is 1.70. The summed E-state index contributed by atoms with van der Waals surface area (Å²) in [5.41, 5.74) is 0. The summed E-state index contributed by atoms with van der Waals surface area (Å²) in [5.74, 6) is 0.745. The topological polar surface area (TPSA) is 21.3 Å². The highest BCUT2D eigenvalue weighted by Crippen LogP contribution is 2.13. The molecule has 1 aliphatic heterocycles. The molecule has 9 heavy (non-hydrogen) atoms. The highest BCUT2D eigenvalue weighted by molar-refractivity contribution is 4.75. The molecule has 0 unspecified atom stereocenters. The molecule has 0 spiro atoms. The molecule has 2 heteroatoms. The van der Waals surface area contributed by atoms with E-state index in [9.17, 15) is 0 Å². The predicted molar refractivity (Wildman–Crippen MR) is 37.4 cm³/mol. The van der Waals surface area contributed by atoms with Crippen LogP contribution in [-0.2, 0) is 4.74 Å². The molecule has 0 radical (unpaired) electrons. The van der Waals surface area contributed by atoms with Gasteiger partial charge < -0.3 is 10.1 Å². The van der Waals surface area contributed by atoms with Crippen LogP contribution in [-0.4, -0.2) is 26.3 Å². The van der Waals surface area contributed by atoms with Gasteiger partial charge in [0, 0.05) is 13.7 Å². The van der Waals surface area contributed by atoms with Crippen molar-refractivity contribution in [2.24, 2.45) is 5.92 Å². The van der Waals surface area contributed by atoms with Crippen molar-refractivity contribution in [3.8, 4) is 0 Å². The average molecular weight is 129 g/mol. The summed E-state index contributed by atoms with van der Waals surface area (Å²) in [6, 6.07) is 0. The summed E-state index contributed by atoms with van der Waals surface area (Å²) >= 11 is 0. The summed E-state index contributed by atoms with van der Waals surface area (Å²) in [4.78, 5) is 0. The molecule has 2 nitrogen and oxygen atoms in total. The maximum absolute atomic E-state index is 5.19. The van der Waals surface area contributed by atoms with E-state index in [2.05, 4.69) is 12.2 Å². The first-order chi connectivity index (χ1) is 4.34. The lowest BCUT2D eigenvalue weighted by molar-refractivity contribution is 0.0742. The van der Waals surface area contributed by atoms with Crippen molar-refractivity contribution >= 4 is 0 Å². The zero-order chi connectivity index (χ0) is 6.69. The summed E-state index contributed by atoms with van der Waals surface area (Å²) in [5, 5.41) is 3.31. The van der Waals surface area contributed by atoms with Crippen molar-refractivity contribution in [3.63, 3.8) is 0 Å². The minimum absolute atomic E-state index is 0.431. The third-order valence-electron chi connectivity index (χ3n) is 2.13. The Morgan fingerprint density at radius 2 is 2.44 bits per heavy atom. The van der Waals surface area contributed by atoms with Gasteiger partial charge in [-0.3, -0.25) is 0 Å². The molecule has 1 heterocycles. The molecule has 1 rings (SSSR count). The fourth-order valence-corrected chi connectivity index (χ4v) is 1.27. The summed E-state index contributed by atoms with van der Waals surface area (Å²) in [7, 11) is 1.78. The van der Waals surface area contributed by atoms with Gasteiger partial charge in [-0.15, -0.1) is 0 Å². The highest BCUT2D eigenvalue weighted by Gasteiger charge is 2.20. The van der Waals surface area contributed by atoms with E-state index in [4.69, 9.17) is 4.74 Å². The number of hydrogen-bond acceptors (Lipinski definition) is 2. The number of ether oxygens (including phenoxy) is 1. The average Bonchev–Trinajstić information content (AvgIpc) is 2.37. The lowest BCUT2D eigenvalue weighted by Crippen LogP contribution is -2.21. The smallest absolute Gasteiger partial charge is 0.0583 e. The number of nitrogens with one attached hydrogen (secondary N) is 1. The van der Waals surface area contributed by atoms with Crippen molar-refractivity contribution in [1.82, 2.24) is 5.32 Å². The first-order valence-electron chi connectivity index (χ1n) is 3.58. The van der Waals surface area contributed by atoms with E-state index < -0.39 is 0 Å². The van der Waals surface area contributed by atoms with Crippen LogP contribution in [0.3, 0.4) is 0 Å². The maximum atomic E-state index is 5.19. The third-order valence-corrected chi connectivity index (χ3v) is 2.13. The predicted octanol–water partition coefficient (Wildman–Crippen LogP) is 0.631. The molecule has 0 aliphatic carbocycles. The molecule has 1 fully saturated rings. The van der Waals surface area contributed by atoms with Crippen LogP contribution in [0.2, 0.25) is 0 Å². The second-order valence-electron chi connectivity index (χ2n) is 2.69. The highest BCUT2D eigenvalue weighted by atomic mass is 16.5. The van der Waals surface area contributed by atoms with E-state index in [0.29, 0.717) is 6.10 Å². The first kappa shape index (κ1) is 7.03. The number of hydrogen-bond donors (Lipinski definition) is 1. The molecule has 0 saturated carbocycles.